The second-order valence-corrected chi connectivity index (χ2v) is 7.30. The van der Waals surface area contributed by atoms with Crippen LogP contribution < -0.4 is 10.2 Å². The summed E-state index contributed by atoms with van der Waals surface area (Å²) in [7, 11) is 0. The molecule has 0 bridgehead atoms. The lowest BCUT2D eigenvalue weighted by Crippen LogP contribution is -2.40. The minimum atomic E-state index is -0.771. The van der Waals surface area contributed by atoms with Crippen LogP contribution in [-0.2, 0) is 4.79 Å². The molecule has 0 radical (unpaired) electrons. The summed E-state index contributed by atoms with van der Waals surface area (Å²) in [6, 6.07) is 3.86. The van der Waals surface area contributed by atoms with Crippen LogP contribution in [0.1, 0.15) is 29.6 Å². The van der Waals surface area contributed by atoms with Crippen LogP contribution in [0.25, 0.3) is 0 Å². The number of benzene rings is 1. The van der Waals surface area contributed by atoms with E-state index in [0.717, 1.165) is 0 Å². The first-order chi connectivity index (χ1) is 12.4. The van der Waals surface area contributed by atoms with E-state index in [1.54, 1.807) is 4.90 Å². The summed E-state index contributed by atoms with van der Waals surface area (Å²) in [5.74, 6) is -2.11. The number of nitrogens with one attached hydrogen (secondary N) is 1. The van der Waals surface area contributed by atoms with Gasteiger partial charge in [-0.3, -0.25) is 14.5 Å². The first-order valence-electron chi connectivity index (χ1n) is 8.78. The molecule has 2 heterocycles. The van der Waals surface area contributed by atoms with E-state index in [9.17, 15) is 18.8 Å². The van der Waals surface area contributed by atoms with Gasteiger partial charge in [-0.05, 0) is 42.9 Å². The van der Waals surface area contributed by atoms with E-state index < -0.39 is 17.7 Å². The molecule has 8 heteroatoms. The van der Waals surface area contributed by atoms with Crippen molar-refractivity contribution >= 4 is 23.6 Å². The Bertz CT molecular complexity index is 789. The smallest absolute Gasteiger partial charge is 0.321 e. The Morgan fingerprint density at radius 1 is 1.23 bits per heavy atom. The number of rotatable bonds is 3. The summed E-state index contributed by atoms with van der Waals surface area (Å²) in [6.45, 7) is 1.84. The molecule has 3 fully saturated rings. The Balaban J connectivity index is 1.48. The van der Waals surface area contributed by atoms with Crippen LogP contribution in [0.4, 0.5) is 14.9 Å². The SMILES string of the molecule is O=C(O)C1CC12CCN(C(=O)c1cc(N3CCNC3=O)ccc1F)CC2. The number of likely N-dealkylation sites (tertiary alicyclic amines) is 1. The van der Waals surface area contributed by atoms with Crippen molar-refractivity contribution in [2.24, 2.45) is 11.3 Å². The third-order valence-electron chi connectivity index (χ3n) is 5.88. The van der Waals surface area contributed by atoms with Crippen molar-refractivity contribution in [3.63, 3.8) is 0 Å². The van der Waals surface area contributed by atoms with Gasteiger partial charge in [0.1, 0.15) is 5.82 Å². The highest BCUT2D eigenvalue weighted by Gasteiger charge is 2.59. The number of urea groups is 1. The van der Waals surface area contributed by atoms with Gasteiger partial charge >= 0.3 is 12.0 Å². The maximum Gasteiger partial charge on any atom is 0.321 e. The Morgan fingerprint density at radius 2 is 1.96 bits per heavy atom. The van der Waals surface area contributed by atoms with Crippen LogP contribution in [0, 0.1) is 17.2 Å². The maximum absolute atomic E-state index is 14.2. The summed E-state index contributed by atoms with van der Waals surface area (Å²) in [5.41, 5.74) is 0.256. The monoisotopic (exact) mass is 361 g/mol. The largest absolute Gasteiger partial charge is 0.481 e. The molecule has 1 atom stereocenters. The van der Waals surface area contributed by atoms with E-state index in [1.165, 1.54) is 23.1 Å². The molecule has 1 saturated carbocycles. The highest BCUT2D eigenvalue weighted by atomic mass is 19.1. The van der Waals surface area contributed by atoms with Crippen LogP contribution in [0.15, 0.2) is 18.2 Å². The predicted octanol–water partition coefficient (Wildman–Crippen LogP) is 1.68. The molecule has 138 valence electrons. The van der Waals surface area contributed by atoms with E-state index in [-0.39, 0.29) is 22.9 Å². The summed E-state index contributed by atoms with van der Waals surface area (Å²) >= 11 is 0. The fourth-order valence-corrected chi connectivity index (χ4v) is 4.14. The van der Waals surface area contributed by atoms with E-state index in [4.69, 9.17) is 5.11 Å². The zero-order chi connectivity index (χ0) is 18.5. The Morgan fingerprint density at radius 3 is 2.54 bits per heavy atom. The molecule has 2 aliphatic heterocycles. The number of aliphatic carboxylic acids is 1. The Labute approximate surface area is 149 Å². The van der Waals surface area contributed by atoms with Gasteiger partial charge in [-0.1, -0.05) is 0 Å². The molecule has 1 aliphatic carbocycles. The molecule has 26 heavy (non-hydrogen) atoms. The van der Waals surface area contributed by atoms with Gasteiger partial charge < -0.3 is 15.3 Å². The maximum atomic E-state index is 14.2. The topological polar surface area (TPSA) is 89.9 Å². The molecule has 0 aromatic heterocycles. The van der Waals surface area contributed by atoms with Gasteiger partial charge in [-0.15, -0.1) is 0 Å². The minimum Gasteiger partial charge on any atom is -0.481 e. The van der Waals surface area contributed by atoms with Gasteiger partial charge in [0.25, 0.3) is 5.91 Å². The van der Waals surface area contributed by atoms with E-state index in [1.807, 2.05) is 0 Å². The van der Waals surface area contributed by atoms with E-state index in [0.29, 0.717) is 51.1 Å². The molecular weight excluding hydrogens is 341 g/mol. The number of carboxylic acid groups (broad SMARTS) is 1. The minimum absolute atomic E-state index is 0.0521. The van der Waals surface area contributed by atoms with Gasteiger partial charge in [0.05, 0.1) is 11.5 Å². The highest BCUT2D eigenvalue weighted by Crippen LogP contribution is 2.59. The fraction of sp³-hybridized carbons (Fsp3) is 0.500. The number of hydrogen-bond donors (Lipinski definition) is 2. The zero-order valence-corrected chi connectivity index (χ0v) is 14.2. The Hall–Kier alpha value is -2.64. The number of hydrogen-bond acceptors (Lipinski definition) is 3. The second kappa shape index (κ2) is 5.96. The van der Waals surface area contributed by atoms with E-state index in [2.05, 4.69) is 5.32 Å². The second-order valence-electron chi connectivity index (χ2n) is 7.30. The van der Waals surface area contributed by atoms with Gasteiger partial charge in [0, 0.05) is 31.9 Å². The van der Waals surface area contributed by atoms with Crippen molar-refractivity contribution in [2.45, 2.75) is 19.3 Å². The van der Waals surface area contributed by atoms with Gasteiger partial charge in [0.15, 0.2) is 0 Å². The summed E-state index contributed by atoms with van der Waals surface area (Å²) in [6.07, 6.45) is 1.93. The van der Waals surface area contributed by atoms with Crippen molar-refractivity contribution in [1.82, 2.24) is 10.2 Å². The number of halogens is 1. The highest BCUT2D eigenvalue weighted by molar-refractivity contribution is 5.98. The number of amides is 3. The molecule has 2 saturated heterocycles. The van der Waals surface area contributed by atoms with Gasteiger partial charge in [-0.25, -0.2) is 9.18 Å². The molecule has 1 unspecified atom stereocenters. The molecule has 3 aliphatic rings. The number of carbonyl (C=O) groups is 3. The molecule has 1 aromatic carbocycles. The summed E-state index contributed by atoms with van der Waals surface area (Å²) < 4.78 is 14.2. The zero-order valence-electron chi connectivity index (χ0n) is 14.2. The first-order valence-corrected chi connectivity index (χ1v) is 8.78. The molecule has 7 nitrogen and oxygen atoms in total. The number of carboxylic acids is 1. The fourth-order valence-electron chi connectivity index (χ4n) is 4.14. The lowest BCUT2D eigenvalue weighted by atomic mass is 9.90. The third-order valence-corrected chi connectivity index (χ3v) is 5.88. The van der Waals surface area contributed by atoms with Crippen molar-refractivity contribution in [1.29, 1.82) is 0 Å². The van der Waals surface area contributed by atoms with Crippen LogP contribution >= 0.6 is 0 Å². The van der Waals surface area contributed by atoms with Crippen LogP contribution in [-0.4, -0.2) is 54.1 Å². The lowest BCUT2D eigenvalue weighted by Gasteiger charge is -2.33. The molecular formula is C18H20FN3O4. The summed E-state index contributed by atoms with van der Waals surface area (Å²) in [4.78, 5) is 38.7. The summed E-state index contributed by atoms with van der Waals surface area (Å²) in [5, 5.41) is 11.8. The molecule has 4 rings (SSSR count). The normalized spacial score (nSPS) is 23.9. The quantitative estimate of drug-likeness (QED) is 0.857. The van der Waals surface area contributed by atoms with Gasteiger partial charge in [-0.2, -0.15) is 0 Å². The van der Waals surface area contributed by atoms with Crippen LogP contribution in [0.3, 0.4) is 0 Å². The lowest BCUT2D eigenvalue weighted by molar-refractivity contribution is -0.139. The van der Waals surface area contributed by atoms with Crippen molar-refractivity contribution < 1.29 is 23.9 Å². The Kier molecular flexibility index (Phi) is 3.86. The molecule has 2 N–H and O–H groups in total. The average molecular weight is 361 g/mol. The molecule has 1 spiro atoms. The van der Waals surface area contributed by atoms with Crippen LogP contribution in [0.5, 0.6) is 0 Å². The number of nitrogens with zero attached hydrogens (tertiary/aromatic N) is 2. The van der Waals surface area contributed by atoms with Crippen molar-refractivity contribution in [3.8, 4) is 0 Å². The third kappa shape index (κ3) is 2.69. The number of piperidine rings is 1. The predicted molar refractivity (Wildman–Crippen MR) is 90.5 cm³/mol. The molecule has 3 amide bonds. The molecule has 1 aromatic rings. The average Bonchev–Trinajstić information content (AvgIpc) is 3.16. The number of carbonyl (C=O) groups excluding carboxylic acids is 2. The van der Waals surface area contributed by atoms with Crippen molar-refractivity contribution in [3.05, 3.63) is 29.6 Å². The standard InChI is InChI=1S/C18H20FN3O4/c19-14-2-1-11(22-8-5-20-17(22)26)9-12(14)15(23)21-6-3-18(4-7-21)10-13(18)16(24)25/h1-2,9,13H,3-8,10H2,(H,20,26)(H,24,25). The number of anilines is 1. The van der Waals surface area contributed by atoms with Gasteiger partial charge in [0.2, 0.25) is 0 Å². The van der Waals surface area contributed by atoms with E-state index >= 15 is 0 Å². The van der Waals surface area contributed by atoms with Crippen molar-refractivity contribution in [2.75, 3.05) is 31.1 Å². The van der Waals surface area contributed by atoms with Crippen LogP contribution in [0.2, 0.25) is 0 Å². The first kappa shape index (κ1) is 16.8.